The van der Waals surface area contributed by atoms with Crippen molar-refractivity contribution in [3.63, 3.8) is 0 Å². The maximum atomic E-state index is 12.7. The molecule has 2 aromatic rings. The highest BCUT2D eigenvalue weighted by Crippen LogP contribution is 2.30. The number of rotatable bonds is 11. The Labute approximate surface area is 179 Å². The van der Waals surface area contributed by atoms with Crippen molar-refractivity contribution in [1.82, 2.24) is 14.9 Å². The molecule has 164 valence electrons. The fourth-order valence-electron chi connectivity index (χ4n) is 3.26. The highest BCUT2D eigenvalue weighted by atomic mass is 32.1. The van der Waals surface area contributed by atoms with Crippen LogP contribution in [0.3, 0.4) is 0 Å². The van der Waals surface area contributed by atoms with Crippen molar-refractivity contribution in [2.24, 2.45) is 0 Å². The maximum absolute atomic E-state index is 12.7. The molecule has 0 bridgehead atoms. The first-order chi connectivity index (χ1) is 14.3. The van der Waals surface area contributed by atoms with Crippen LogP contribution in [0, 0.1) is 6.92 Å². The summed E-state index contributed by atoms with van der Waals surface area (Å²) in [5, 5.41) is 10.7. The lowest BCUT2D eigenvalue weighted by Gasteiger charge is -2.24. The largest absolute Gasteiger partial charge is 0.457 e. The Hall–Kier alpha value is -2.07. The molecule has 1 atom stereocenters. The molecular weight excluding hydrogens is 406 g/mol. The standard InChI is InChI=1S/C21H29N3O5S/c1-5-8-28-21(27)18-13(4)17-19(26)22-16(23-20(17)30-18)10-24(14-6-7-14)9-15(25)11-29-12(2)3/h5,12,14-15,25H,1,6-11H2,2-4H3,(H,22,23,26). The van der Waals surface area contributed by atoms with E-state index in [-0.39, 0.29) is 24.9 Å². The van der Waals surface area contributed by atoms with E-state index in [0.717, 1.165) is 24.2 Å². The topological polar surface area (TPSA) is 105 Å². The van der Waals surface area contributed by atoms with E-state index in [0.29, 0.717) is 45.6 Å². The molecule has 0 aliphatic heterocycles. The van der Waals surface area contributed by atoms with Crippen LogP contribution in [0.15, 0.2) is 17.4 Å². The third-order valence-electron chi connectivity index (χ3n) is 4.85. The van der Waals surface area contributed by atoms with Gasteiger partial charge < -0.3 is 19.6 Å². The number of hydrogen-bond acceptors (Lipinski definition) is 8. The Kier molecular flexibility index (Phi) is 7.41. The van der Waals surface area contributed by atoms with Gasteiger partial charge >= 0.3 is 5.97 Å². The highest BCUT2D eigenvalue weighted by Gasteiger charge is 2.31. The van der Waals surface area contributed by atoms with Gasteiger partial charge in [0.2, 0.25) is 0 Å². The fourth-order valence-corrected chi connectivity index (χ4v) is 4.35. The number of aryl methyl sites for hydroxylation is 1. The Morgan fingerprint density at radius 2 is 2.20 bits per heavy atom. The first kappa shape index (κ1) is 22.6. The number of fused-ring (bicyclic) bond motifs is 1. The third-order valence-corrected chi connectivity index (χ3v) is 6.02. The van der Waals surface area contributed by atoms with E-state index < -0.39 is 12.1 Å². The third kappa shape index (κ3) is 5.54. The van der Waals surface area contributed by atoms with Crippen LogP contribution in [-0.4, -0.2) is 64.0 Å². The summed E-state index contributed by atoms with van der Waals surface area (Å²) in [6.07, 6.45) is 3.06. The molecule has 1 unspecified atom stereocenters. The molecule has 30 heavy (non-hydrogen) atoms. The Morgan fingerprint density at radius 1 is 1.47 bits per heavy atom. The molecule has 2 heterocycles. The lowest BCUT2D eigenvalue weighted by Crippen LogP contribution is -2.37. The first-order valence-electron chi connectivity index (χ1n) is 10.1. The summed E-state index contributed by atoms with van der Waals surface area (Å²) in [6, 6.07) is 0.370. The molecular formula is C21H29N3O5S. The molecule has 9 heteroatoms. The Morgan fingerprint density at radius 3 is 2.83 bits per heavy atom. The number of H-pyrrole nitrogens is 1. The predicted octanol–water partition coefficient (Wildman–Crippen LogP) is 2.39. The van der Waals surface area contributed by atoms with Crippen LogP contribution in [0.2, 0.25) is 0 Å². The van der Waals surface area contributed by atoms with Crippen LogP contribution < -0.4 is 5.56 Å². The van der Waals surface area contributed by atoms with Crippen molar-refractivity contribution in [2.75, 3.05) is 19.8 Å². The Balaban J connectivity index is 1.79. The summed E-state index contributed by atoms with van der Waals surface area (Å²) >= 11 is 1.16. The number of esters is 1. The van der Waals surface area contributed by atoms with Crippen LogP contribution >= 0.6 is 11.3 Å². The molecule has 1 aliphatic carbocycles. The first-order valence-corrected chi connectivity index (χ1v) is 11.0. The van der Waals surface area contributed by atoms with E-state index in [4.69, 9.17) is 9.47 Å². The van der Waals surface area contributed by atoms with Gasteiger partial charge in [0.05, 0.1) is 30.7 Å². The average molecular weight is 436 g/mol. The van der Waals surface area contributed by atoms with Crippen molar-refractivity contribution in [3.05, 3.63) is 39.3 Å². The number of aliphatic hydroxyl groups excluding tert-OH is 1. The number of aromatic amines is 1. The molecule has 2 aromatic heterocycles. The van der Waals surface area contributed by atoms with Gasteiger partial charge in [0.1, 0.15) is 22.1 Å². The number of hydrogen-bond donors (Lipinski definition) is 2. The molecule has 0 spiro atoms. The highest BCUT2D eigenvalue weighted by molar-refractivity contribution is 7.20. The predicted molar refractivity (Wildman–Crippen MR) is 116 cm³/mol. The van der Waals surface area contributed by atoms with Crippen molar-refractivity contribution in [2.45, 2.75) is 58.4 Å². The van der Waals surface area contributed by atoms with E-state index in [1.807, 2.05) is 13.8 Å². The molecule has 1 aliphatic rings. The van der Waals surface area contributed by atoms with Crippen LogP contribution in [0.4, 0.5) is 0 Å². The van der Waals surface area contributed by atoms with E-state index in [2.05, 4.69) is 21.4 Å². The summed E-state index contributed by atoms with van der Waals surface area (Å²) in [5.41, 5.74) is 0.302. The summed E-state index contributed by atoms with van der Waals surface area (Å²) < 4.78 is 10.6. The fraction of sp³-hybridized carbons (Fsp3) is 0.571. The van der Waals surface area contributed by atoms with Gasteiger partial charge in [0, 0.05) is 12.6 Å². The number of aliphatic hydroxyl groups is 1. The van der Waals surface area contributed by atoms with Gasteiger partial charge in [-0.3, -0.25) is 9.69 Å². The van der Waals surface area contributed by atoms with Crippen molar-refractivity contribution in [1.29, 1.82) is 0 Å². The zero-order valence-corrected chi connectivity index (χ0v) is 18.5. The van der Waals surface area contributed by atoms with Crippen LogP contribution in [-0.2, 0) is 16.0 Å². The minimum Gasteiger partial charge on any atom is -0.457 e. The van der Waals surface area contributed by atoms with E-state index in [1.165, 1.54) is 6.08 Å². The van der Waals surface area contributed by atoms with Gasteiger partial charge in [-0.25, -0.2) is 9.78 Å². The van der Waals surface area contributed by atoms with Gasteiger partial charge in [-0.05, 0) is 39.2 Å². The van der Waals surface area contributed by atoms with E-state index >= 15 is 0 Å². The lowest BCUT2D eigenvalue weighted by atomic mass is 10.2. The number of nitrogens with one attached hydrogen (secondary N) is 1. The number of ether oxygens (including phenoxy) is 2. The maximum Gasteiger partial charge on any atom is 0.348 e. The van der Waals surface area contributed by atoms with Crippen molar-refractivity contribution in [3.8, 4) is 0 Å². The molecule has 2 N–H and O–H groups in total. The molecule has 0 radical (unpaired) electrons. The minimum atomic E-state index is -0.612. The smallest absolute Gasteiger partial charge is 0.348 e. The zero-order chi connectivity index (χ0) is 21.8. The van der Waals surface area contributed by atoms with Crippen molar-refractivity contribution < 1.29 is 19.4 Å². The molecule has 0 amide bonds. The van der Waals surface area contributed by atoms with Gasteiger partial charge in [-0.1, -0.05) is 12.7 Å². The molecule has 0 saturated heterocycles. The summed E-state index contributed by atoms with van der Waals surface area (Å²) in [7, 11) is 0. The van der Waals surface area contributed by atoms with Crippen LogP contribution in [0.1, 0.15) is 47.7 Å². The second-order valence-electron chi connectivity index (χ2n) is 7.83. The molecule has 1 saturated carbocycles. The quantitative estimate of drug-likeness (QED) is 0.412. The SMILES string of the molecule is C=CCOC(=O)c1sc2nc(CN(CC(O)COC(C)C)C3CC3)[nH]c(=O)c2c1C. The van der Waals surface area contributed by atoms with Crippen LogP contribution in [0.25, 0.3) is 10.2 Å². The lowest BCUT2D eigenvalue weighted by molar-refractivity contribution is -0.0110. The summed E-state index contributed by atoms with van der Waals surface area (Å²) in [5.74, 6) is 0.0351. The normalized spacial score (nSPS) is 15.1. The van der Waals surface area contributed by atoms with Crippen LogP contribution in [0.5, 0.6) is 0 Å². The number of carbonyl (C=O) groups is 1. The van der Waals surface area contributed by atoms with Crippen molar-refractivity contribution >= 4 is 27.5 Å². The average Bonchev–Trinajstić information content (AvgIpc) is 3.47. The monoisotopic (exact) mass is 435 g/mol. The minimum absolute atomic E-state index is 0.0592. The molecule has 8 nitrogen and oxygen atoms in total. The van der Waals surface area contributed by atoms with Gasteiger partial charge in [-0.15, -0.1) is 11.3 Å². The van der Waals surface area contributed by atoms with Gasteiger partial charge in [-0.2, -0.15) is 0 Å². The second-order valence-corrected chi connectivity index (χ2v) is 8.83. The Bertz CT molecular complexity index is 963. The number of aromatic nitrogens is 2. The molecule has 0 aromatic carbocycles. The number of nitrogens with zero attached hydrogens (tertiary/aromatic N) is 2. The number of thiophene rings is 1. The van der Waals surface area contributed by atoms with Gasteiger partial charge in [0.15, 0.2) is 0 Å². The second kappa shape index (κ2) is 9.82. The zero-order valence-electron chi connectivity index (χ0n) is 17.6. The molecule has 3 rings (SSSR count). The van der Waals surface area contributed by atoms with E-state index in [1.54, 1.807) is 6.92 Å². The summed E-state index contributed by atoms with van der Waals surface area (Å²) in [6.45, 7) is 10.4. The summed E-state index contributed by atoms with van der Waals surface area (Å²) in [4.78, 5) is 35.4. The van der Waals surface area contributed by atoms with Gasteiger partial charge in [0.25, 0.3) is 5.56 Å². The van der Waals surface area contributed by atoms with E-state index in [9.17, 15) is 14.7 Å². The number of carbonyl (C=O) groups excluding carboxylic acids is 1. The molecule has 1 fully saturated rings.